The fourth-order valence-electron chi connectivity index (χ4n) is 1.78. The average Bonchev–Trinajstić information content (AvgIpc) is 3.08. The van der Waals surface area contributed by atoms with Crippen molar-refractivity contribution in [2.24, 2.45) is 0 Å². The van der Waals surface area contributed by atoms with Crippen molar-refractivity contribution in [3.05, 3.63) is 53.1 Å². The molecule has 1 heterocycles. The van der Waals surface area contributed by atoms with Gasteiger partial charge in [0.25, 0.3) is 0 Å². The third kappa shape index (κ3) is 6.67. The van der Waals surface area contributed by atoms with Gasteiger partial charge in [-0.25, -0.2) is 9.78 Å². The number of thiazole rings is 1. The van der Waals surface area contributed by atoms with Crippen LogP contribution in [0.2, 0.25) is 0 Å². The third-order valence-electron chi connectivity index (χ3n) is 2.73. The molecule has 24 heavy (non-hydrogen) atoms. The van der Waals surface area contributed by atoms with Gasteiger partial charge in [-0.3, -0.25) is 0 Å². The summed E-state index contributed by atoms with van der Waals surface area (Å²) in [5.74, 6) is -0.285. The zero-order valence-electron chi connectivity index (χ0n) is 15.6. The number of hydrogen-bond acceptors (Lipinski definition) is 4. The van der Waals surface area contributed by atoms with Gasteiger partial charge in [0.2, 0.25) is 0 Å². The van der Waals surface area contributed by atoms with E-state index in [-0.39, 0.29) is 5.97 Å². The molecule has 1 aromatic heterocycles. The van der Waals surface area contributed by atoms with Gasteiger partial charge in [0.15, 0.2) is 0 Å². The highest BCUT2D eigenvalue weighted by Gasteiger charge is 2.18. The summed E-state index contributed by atoms with van der Waals surface area (Å²) in [6, 6.07) is 9.88. The Kier molecular flexibility index (Phi) is 12.4. The maximum absolute atomic E-state index is 12.0. The number of nitrogens with zero attached hydrogens (tertiary/aromatic N) is 1. The molecule has 0 aliphatic rings. The number of rotatable bonds is 5. The van der Waals surface area contributed by atoms with Crippen molar-refractivity contribution in [2.45, 2.75) is 48.0 Å². The lowest BCUT2D eigenvalue weighted by Gasteiger charge is -1.99. The standard InChI is InChI=1S/C16H17NO2S.2C2H6/c1-3-5-11-13-14(16(18)19-4-2)20-15(17-13)12-9-7-6-8-10-12;2*1-2/h3,5-10H,4,11H2,1-2H3;2*1-2H3/b5-3-;;. The predicted octanol–water partition coefficient (Wildman–Crippen LogP) is 6.16. The molecule has 0 amide bonds. The largest absolute Gasteiger partial charge is 0.462 e. The number of carbonyl (C=O) groups is 1. The smallest absolute Gasteiger partial charge is 0.350 e. The molecule has 1 aromatic carbocycles. The molecule has 0 saturated carbocycles. The van der Waals surface area contributed by atoms with Crippen LogP contribution in [0.4, 0.5) is 0 Å². The summed E-state index contributed by atoms with van der Waals surface area (Å²) in [4.78, 5) is 17.2. The van der Waals surface area contributed by atoms with Crippen LogP contribution in [-0.4, -0.2) is 17.6 Å². The molecule has 0 aliphatic heterocycles. The van der Waals surface area contributed by atoms with E-state index in [1.807, 2.05) is 84.0 Å². The van der Waals surface area contributed by atoms with Crippen LogP contribution in [0.5, 0.6) is 0 Å². The summed E-state index contributed by atoms with van der Waals surface area (Å²) >= 11 is 1.39. The highest BCUT2D eigenvalue weighted by atomic mass is 32.1. The van der Waals surface area contributed by atoms with Gasteiger partial charge in [-0.05, 0) is 13.8 Å². The Balaban J connectivity index is 0.00000123. The monoisotopic (exact) mass is 347 g/mol. The summed E-state index contributed by atoms with van der Waals surface area (Å²) in [5, 5.41) is 0.855. The number of esters is 1. The first-order valence-electron chi connectivity index (χ1n) is 8.59. The van der Waals surface area contributed by atoms with Gasteiger partial charge in [-0.2, -0.15) is 0 Å². The van der Waals surface area contributed by atoms with Gasteiger partial charge >= 0.3 is 5.97 Å². The number of carbonyl (C=O) groups excluding carboxylic acids is 1. The summed E-state index contributed by atoms with van der Waals surface area (Å²) < 4.78 is 5.11. The molecule has 0 fully saturated rings. The molecule has 2 rings (SSSR count). The van der Waals surface area contributed by atoms with E-state index in [0.29, 0.717) is 17.9 Å². The van der Waals surface area contributed by atoms with E-state index in [1.165, 1.54) is 11.3 Å². The highest BCUT2D eigenvalue weighted by Crippen LogP contribution is 2.29. The predicted molar refractivity (Wildman–Crippen MR) is 105 cm³/mol. The lowest BCUT2D eigenvalue weighted by Crippen LogP contribution is -2.05. The van der Waals surface area contributed by atoms with Crippen molar-refractivity contribution < 1.29 is 9.53 Å². The van der Waals surface area contributed by atoms with E-state index in [0.717, 1.165) is 16.3 Å². The maximum atomic E-state index is 12.0. The molecule has 4 heteroatoms. The van der Waals surface area contributed by atoms with Crippen molar-refractivity contribution in [2.75, 3.05) is 6.61 Å². The zero-order chi connectivity index (χ0) is 18.4. The molecular weight excluding hydrogens is 318 g/mol. The van der Waals surface area contributed by atoms with Crippen LogP contribution in [0.1, 0.15) is 56.9 Å². The Labute approximate surface area is 150 Å². The third-order valence-corrected chi connectivity index (χ3v) is 3.85. The fraction of sp³-hybridized carbons (Fsp3) is 0.400. The quantitative estimate of drug-likeness (QED) is 0.480. The minimum absolute atomic E-state index is 0.285. The molecule has 0 radical (unpaired) electrons. The number of benzene rings is 1. The van der Waals surface area contributed by atoms with Gasteiger partial charge in [-0.1, -0.05) is 70.2 Å². The number of ether oxygens (including phenoxy) is 1. The minimum atomic E-state index is -0.285. The topological polar surface area (TPSA) is 39.2 Å². The second-order valence-electron chi connectivity index (χ2n) is 4.15. The van der Waals surface area contributed by atoms with Crippen molar-refractivity contribution in [1.82, 2.24) is 4.98 Å². The van der Waals surface area contributed by atoms with Crippen LogP contribution in [0.25, 0.3) is 10.6 Å². The summed E-state index contributed by atoms with van der Waals surface area (Å²) in [7, 11) is 0. The lowest BCUT2D eigenvalue weighted by molar-refractivity contribution is 0.0530. The lowest BCUT2D eigenvalue weighted by atomic mass is 10.2. The summed E-state index contributed by atoms with van der Waals surface area (Å²) in [6.07, 6.45) is 4.59. The normalized spacial score (nSPS) is 9.58. The van der Waals surface area contributed by atoms with Crippen LogP contribution in [0.3, 0.4) is 0 Å². The summed E-state index contributed by atoms with van der Waals surface area (Å²) in [6.45, 7) is 12.1. The fourth-order valence-corrected chi connectivity index (χ4v) is 2.77. The van der Waals surface area contributed by atoms with Crippen LogP contribution in [-0.2, 0) is 11.2 Å². The van der Waals surface area contributed by atoms with Crippen LogP contribution < -0.4 is 0 Å². The molecule has 0 unspecified atom stereocenters. The Hall–Kier alpha value is -1.94. The Morgan fingerprint density at radius 2 is 1.79 bits per heavy atom. The first-order valence-corrected chi connectivity index (χ1v) is 9.41. The van der Waals surface area contributed by atoms with E-state index in [1.54, 1.807) is 0 Å². The van der Waals surface area contributed by atoms with E-state index in [2.05, 4.69) is 4.98 Å². The first-order chi connectivity index (χ1) is 11.8. The van der Waals surface area contributed by atoms with Gasteiger partial charge in [0.1, 0.15) is 9.88 Å². The number of hydrogen-bond donors (Lipinski definition) is 0. The SMILES string of the molecule is C/C=C\Cc1nc(-c2ccccc2)sc1C(=O)OCC.CC.CC. The second-order valence-corrected chi connectivity index (χ2v) is 5.15. The molecule has 0 N–H and O–H groups in total. The molecule has 3 nitrogen and oxygen atoms in total. The van der Waals surface area contributed by atoms with Crippen molar-refractivity contribution in [3.8, 4) is 10.6 Å². The first kappa shape index (κ1) is 22.1. The second kappa shape index (κ2) is 13.5. The van der Waals surface area contributed by atoms with Crippen molar-refractivity contribution in [1.29, 1.82) is 0 Å². The van der Waals surface area contributed by atoms with E-state index < -0.39 is 0 Å². The van der Waals surface area contributed by atoms with Crippen LogP contribution in [0.15, 0.2) is 42.5 Å². The van der Waals surface area contributed by atoms with Gasteiger partial charge in [0, 0.05) is 12.0 Å². The van der Waals surface area contributed by atoms with E-state index in [4.69, 9.17) is 4.74 Å². The van der Waals surface area contributed by atoms with Crippen LogP contribution in [0, 0.1) is 0 Å². The van der Waals surface area contributed by atoms with Gasteiger partial charge in [-0.15, -0.1) is 11.3 Å². The highest BCUT2D eigenvalue weighted by molar-refractivity contribution is 7.17. The molecule has 132 valence electrons. The zero-order valence-corrected chi connectivity index (χ0v) is 16.4. The number of aromatic nitrogens is 1. The van der Waals surface area contributed by atoms with Gasteiger partial charge in [0.05, 0.1) is 12.3 Å². The molecular formula is C20H29NO2S. The Bertz CT molecular complexity index is 603. The molecule has 0 atom stereocenters. The summed E-state index contributed by atoms with van der Waals surface area (Å²) in [5.41, 5.74) is 1.81. The van der Waals surface area contributed by atoms with Crippen LogP contribution >= 0.6 is 11.3 Å². The molecule has 0 bridgehead atoms. The molecule has 2 aromatic rings. The number of allylic oxidation sites excluding steroid dienone is 2. The average molecular weight is 348 g/mol. The molecule has 0 saturated heterocycles. The Morgan fingerprint density at radius 3 is 2.33 bits per heavy atom. The van der Waals surface area contributed by atoms with Crippen molar-refractivity contribution in [3.63, 3.8) is 0 Å². The van der Waals surface area contributed by atoms with E-state index in [9.17, 15) is 4.79 Å². The van der Waals surface area contributed by atoms with E-state index >= 15 is 0 Å². The molecule has 0 aliphatic carbocycles. The van der Waals surface area contributed by atoms with Crippen molar-refractivity contribution >= 4 is 17.3 Å². The minimum Gasteiger partial charge on any atom is -0.462 e. The molecule has 0 spiro atoms. The maximum Gasteiger partial charge on any atom is 0.350 e. The Morgan fingerprint density at radius 1 is 1.17 bits per heavy atom. The van der Waals surface area contributed by atoms with Gasteiger partial charge < -0.3 is 4.74 Å².